The maximum atomic E-state index is 13.7. The summed E-state index contributed by atoms with van der Waals surface area (Å²) in [5, 5.41) is 8.86. The monoisotopic (exact) mass is 291 g/mol. The number of hydrogen-bond donors (Lipinski definition) is 0. The molecule has 0 spiro atoms. The Kier molecular flexibility index (Phi) is 5.12. The van der Waals surface area contributed by atoms with E-state index in [9.17, 15) is 9.18 Å². The summed E-state index contributed by atoms with van der Waals surface area (Å²) in [4.78, 5) is 15.3. The molecule has 0 aromatic heterocycles. The Morgan fingerprint density at radius 2 is 2.10 bits per heavy atom. The van der Waals surface area contributed by atoms with Crippen molar-refractivity contribution in [3.8, 4) is 6.07 Å². The topological polar surface area (TPSA) is 56.6 Å². The summed E-state index contributed by atoms with van der Waals surface area (Å²) in [6.07, 6.45) is -0.296. The molecule has 0 N–H and O–H groups in total. The summed E-state index contributed by atoms with van der Waals surface area (Å²) < 4.78 is 18.7. The van der Waals surface area contributed by atoms with Crippen molar-refractivity contribution in [3.63, 3.8) is 0 Å². The smallest absolute Gasteiger partial charge is 0.409 e. The Bertz CT molecular complexity index is 548. The fraction of sp³-hybridized carbons (Fsp3) is 0.467. The van der Waals surface area contributed by atoms with Gasteiger partial charge in [-0.05, 0) is 25.1 Å². The quantitative estimate of drug-likeness (QED) is 0.854. The van der Waals surface area contributed by atoms with Gasteiger partial charge in [0.2, 0.25) is 0 Å². The molecule has 1 aliphatic rings. The van der Waals surface area contributed by atoms with Gasteiger partial charge in [0.25, 0.3) is 0 Å². The van der Waals surface area contributed by atoms with E-state index < -0.39 is 0 Å². The second kappa shape index (κ2) is 7.04. The van der Waals surface area contributed by atoms with Crippen LogP contribution in [-0.4, -0.2) is 48.7 Å². The molecule has 1 aliphatic heterocycles. The molecule has 112 valence electrons. The highest BCUT2D eigenvalue weighted by Gasteiger charge is 2.22. The minimum absolute atomic E-state index is 0.296. The average molecular weight is 291 g/mol. The van der Waals surface area contributed by atoms with Gasteiger partial charge < -0.3 is 9.64 Å². The normalized spacial score (nSPS) is 15.6. The van der Waals surface area contributed by atoms with E-state index in [2.05, 4.69) is 4.90 Å². The fourth-order valence-electron chi connectivity index (χ4n) is 2.31. The number of halogens is 1. The number of carbonyl (C=O) groups is 1. The van der Waals surface area contributed by atoms with Gasteiger partial charge in [-0.3, -0.25) is 4.90 Å². The van der Waals surface area contributed by atoms with Gasteiger partial charge in [0.05, 0.1) is 18.2 Å². The molecule has 1 amide bonds. The first-order valence-electron chi connectivity index (χ1n) is 6.96. The van der Waals surface area contributed by atoms with Crippen LogP contribution < -0.4 is 0 Å². The SMILES string of the molecule is CCOC(=O)N1CCN(Cc2cc(C#N)ccc2F)CC1. The lowest BCUT2D eigenvalue weighted by atomic mass is 10.1. The minimum atomic E-state index is -0.304. The lowest BCUT2D eigenvalue weighted by Crippen LogP contribution is -2.48. The first kappa shape index (κ1) is 15.3. The molecule has 0 saturated carbocycles. The molecule has 2 rings (SSSR count). The van der Waals surface area contributed by atoms with Crippen LogP contribution in [0.3, 0.4) is 0 Å². The third-order valence-electron chi connectivity index (χ3n) is 3.47. The maximum absolute atomic E-state index is 13.7. The second-order valence-electron chi connectivity index (χ2n) is 4.88. The predicted molar refractivity (Wildman–Crippen MR) is 75.0 cm³/mol. The van der Waals surface area contributed by atoms with Crippen LogP contribution in [0.15, 0.2) is 18.2 Å². The summed E-state index contributed by atoms with van der Waals surface area (Å²) in [6.45, 7) is 5.04. The van der Waals surface area contributed by atoms with Gasteiger partial charge in [0, 0.05) is 38.3 Å². The van der Waals surface area contributed by atoms with Gasteiger partial charge in [0.1, 0.15) is 5.82 Å². The van der Waals surface area contributed by atoms with Crippen molar-refractivity contribution in [1.82, 2.24) is 9.80 Å². The number of nitriles is 1. The van der Waals surface area contributed by atoms with Crippen LogP contribution in [0.5, 0.6) is 0 Å². The van der Waals surface area contributed by atoms with Crippen molar-refractivity contribution in [2.75, 3.05) is 32.8 Å². The number of benzene rings is 1. The molecule has 0 radical (unpaired) electrons. The van der Waals surface area contributed by atoms with E-state index in [4.69, 9.17) is 10.00 Å². The van der Waals surface area contributed by atoms with Gasteiger partial charge in [-0.1, -0.05) is 0 Å². The predicted octanol–water partition coefficient (Wildman–Crippen LogP) is 1.97. The number of piperazine rings is 1. The van der Waals surface area contributed by atoms with Crippen molar-refractivity contribution in [3.05, 3.63) is 35.1 Å². The maximum Gasteiger partial charge on any atom is 0.409 e. The Balaban J connectivity index is 1.92. The van der Waals surface area contributed by atoms with Crippen LogP contribution in [0.1, 0.15) is 18.1 Å². The lowest BCUT2D eigenvalue weighted by molar-refractivity contribution is 0.0775. The summed E-state index contributed by atoms with van der Waals surface area (Å²) in [5.74, 6) is -0.304. The standard InChI is InChI=1S/C15H18FN3O2/c1-2-21-15(20)19-7-5-18(6-8-19)11-13-9-12(10-17)3-4-14(13)16/h3-4,9H,2,5-8,11H2,1H3. The lowest BCUT2D eigenvalue weighted by Gasteiger charge is -2.34. The highest BCUT2D eigenvalue weighted by atomic mass is 19.1. The van der Waals surface area contributed by atoms with Crippen LogP contribution in [-0.2, 0) is 11.3 Å². The molecular weight excluding hydrogens is 273 g/mol. The molecule has 21 heavy (non-hydrogen) atoms. The van der Waals surface area contributed by atoms with Gasteiger partial charge >= 0.3 is 6.09 Å². The molecule has 1 heterocycles. The second-order valence-corrected chi connectivity index (χ2v) is 4.88. The molecule has 1 aromatic carbocycles. The molecule has 1 saturated heterocycles. The van der Waals surface area contributed by atoms with Crippen molar-refractivity contribution < 1.29 is 13.9 Å². The summed E-state index contributed by atoms with van der Waals surface area (Å²) in [7, 11) is 0. The van der Waals surface area contributed by atoms with Gasteiger partial charge in [-0.25, -0.2) is 9.18 Å². The molecule has 0 unspecified atom stereocenters. The van der Waals surface area contributed by atoms with E-state index in [-0.39, 0.29) is 11.9 Å². The molecular formula is C15H18FN3O2. The summed E-state index contributed by atoms with van der Waals surface area (Å²) in [6, 6.07) is 6.38. The zero-order valence-electron chi connectivity index (χ0n) is 12.0. The number of amides is 1. The van der Waals surface area contributed by atoms with Gasteiger partial charge in [-0.15, -0.1) is 0 Å². The zero-order chi connectivity index (χ0) is 15.2. The van der Waals surface area contributed by atoms with Crippen LogP contribution in [0.4, 0.5) is 9.18 Å². The number of ether oxygens (including phenoxy) is 1. The van der Waals surface area contributed by atoms with E-state index in [1.165, 1.54) is 12.1 Å². The van der Waals surface area contributed by atoms with E-state index >= 15 is 0 Å². The number of carbonyl (C=O) groups excluding carboxylic acids is 1. The third-order valence-corrected chi connectivity index (χ3v) is 3.47. The van der Waals surface area contributed by atoms with Crippen LogP contribution in [0.2, 0.25) is 0 Å². The van der Waals surface area contributed by atoms with Crippen LogP contribution in [0, 0.1) is 17.1 Å². The first-order valence-corrected chi connectivity index (χ1v) is 6.96. The highest BCUT2D eigenvalue weighted by Crippen LogP contribution is 2.14. The molecule has 5 nitrogen and oxygen atoms in total. The Hall–Kier alpha value is -2.13. The number of nitrogens with zero attached hydrogens (tertiary/aromatic N) is 3. The Labute approximate surface area is 123 Å². The van der Waals surface area contributed by atoms with Crippen molar-refractivity contribution in [2.24, 2.45) is 0 Å². The summed E-state index contributed by atoms with van der Waals surface area (Å²) >= 11 is 0. The third kappa shape index (κ3) is 3.92. The van der Waals surface area contributed by atoms with Crippen LogP contribution in [0.25, 0.3) is 0 Å². The number of hydrogen-bond acceptors (Lipinski definition) is 4. The van der Waals surface area contributed by atoms with E-state index in [1.807, 2.05) is 6.07 Å². The number of rotatable bonds is 3. The van der Waals surface area contributed by atoms with E-state index in [0.29, 0.717) is 50.5 Å². The minimum Gasteiger partial charge on any atom is -0.450 e. The van der Waals surface area contributed by atoms with Crippen molar-refractivity contribution in [1.29, 1.82) is 5.26 Å². The van der Waals surface area contributed by atoms with Crippen LogP contribution >= 0.6 is 0 Å². The highest BCUT2D eigenvalue weighted by molar-refractivity contribution is 5.67. The molecule has 0 bridgehead atoms. The molecule has 0 aliphatic carbocycles. The Morgan fingerprint density at radius 1 is 1.38 bits per heavy atom. The Morgan fingerprint density at radius 3 is 2.71 bits per heavy atom. The molecule has 0 atom stereocenters. The van der Waals surface area contributed by atoms with E-state index in [1.54, 1.807) is 17.9 Å². The zero-order valence-corrected chi connectivity index (χ0v) is 12.0. The largest absolute Gasteiger partial charge is 0.450 e. The first-order chi connectivity index (χ1) is 10.1. The average Bonchev–Trinajstić information content (AvgIpc) is 2.50. The molecule has 6 heteroatoms. The van der Waals surface area contributed by atoms with Gasteiger partial charge in [0.15, 0.2) is 0 Å². The molecule has 1 fully saturated rings. The van der Waals surface area contributed by atoms with Crippen molar-refractivity contribution in [2.45, 2.75) is 13.5 Å². The van der Waals surface area contributed by atoms with Crippen molar-refractivity contribution >= 4 is 6.09 Å². The summed E-state index contributed by atoms with van der Waals surface area (Å²) in [5.41, 5.74) is 0.968. The van der Waals surface area contributed by atoms with Gasteiger partial charge in [-0.2, -0.15) is 5.26 Å². The molecule has 1 aromatic rings. The fourth-order valence-corrected chi connectivity index (χ4v) is 2.31. The van der Waals surface area contributed by atoms with E-state index in [0.717, 1.165) is 0 Å².